The number of nitrogens with one attached hydrogen (secondary N) is 1. The number of carbonyl (C=O) groups is 3. The van der Waals surface area contributed by atoms with E-state index in [1.165, 1.54) is 0 Å². The number of likely N-dealkylation sites (N-methyl/N-ethyl adjacent to an activating group) is 1. The lowest BCUT2D eigenvalue weighted by molar-refractivity contribution is -0.140. The van der Waals surface area contributed by atoms with Crippen LogP contribution in [0.5, 0.6) is 0 Å². The predicted octanol–water partition coefficient (Wildman–Crippen LogP) is 1.15. The molecular weight excluding hydrogens is 408 g/mol. The lowest BCUT2D eigenvalue weighted by atomic mass is 9.85. The molecule has 0 unspecified atom stereocenters. The Labute approximate surface area is 189 Å². The molecule has 0 aromatic heterocycles. The van der Waals surface area contributed by atoms with Gasteiger partial charge in [0.25, 0.3) is 5.91 Å². The molecule has 3 heterocycles. The molecule has 174 valence electrons. The van der Waals surface area contributed by atoms with Crippen molar-refractivity contribution in [2.75, 3.05) is 51.3 Å². The average molecular weight is 443 g/mol. The third-order valence-electron chi connectivity index (χ3n) is 6.78. The van der Waals surface area contributed by atoms with Crippen LogP contribution >= 0.6 is 0 Å². The maximum Gasteiger partial charge on any atom is 0.251 e. The van der Waals surface area contributed by atoms with Gasteiger partial charge in [-0.25, -0.2) is 0 Å². The Hall–Kier alpha value is -2.45. The Bertz CT molecular complexity index is 871. The van der Waals surface area contributed by atoms with Crippen molar-refractivity contribution in [3.63, 3.8) is 0 Å². The third kappa shape index (κ3) is 4.52. The average Bonchev–Trinajstić information content (AvgIpc) is 3.34. The summed E-state index contributed by atoms with van der Waals surface area (Å²) in [5, 5.41) is 2.95. The number of ether oxygens (including phenoxy) is 1. The van der Waals surface area contributed by atoms with Crippen LogP contribution in [-0.4, -0.2) is 92.0 Å². The number of nitrogens with zero attached hydrogens (tertiary/aromatic N) is 3. The van der Waals surface area contributed by atoms with Crippen LogP contribution in [0.25, 0.3) is 0 Å². The van der Waals surface area contributed by atoms with Crippen molar-refractivity contribution in [2.24, 2.45) is 5.41 Å². The maximum absolute atomic E-state index is 13.4. The Morgan fingerprint density at radius 3 is 2.34 bits per heavy atom. The van der Waals surface area contributed by atoms with Gasteiger partial charge in [0.05, 0.1) is 6.10 Å². The molecule has 8 heteroatoms. The SMILES string of the molecule is CN1CCN(c2ccc(C(=O)N[C@H](C(=O)N3CC[C@H]4OCC(=O)[C@H]43)C(C)(C)C)cc2)CC1. The van der Waals surface area contributed by atoms with E-state index >= 15 is 0 Å². The summed E-state index contributed by atoms with van der Waals surface area (Å²) in [4.78, 5) is 44.9. The zero-order valence-corrected chi connectivity index (χ0v) is 19.5. The number of ketones is 1. The van der Waals surface area contributed by atoms with E-state index in [4.69, 9.17) is 4.74 Å². The fourth-order valence-corrected chi connectivity index (χ4v) is 4.76. The molecule has 0 spiro atoms. The van der Waals surface area contributed by atoms with Crippen LogP contribution in [0, 0.1) is 5.41 Å². The van der Waals surface area contributed by atoms with Gasteiger partial charge >= 0.3 is 0 Å². The topological polar surface area (TPSA) is 82.2 Å². The number of Topliss-reactive ketones (excluding diaryl/α,β-unsaturated/α-hetero) is 1. The molecule has 2 amide bonds. The van der Waals surface area contributed by atoms with Crippen LogP contribution in [0.1, 0.15) is 37.6 Å². The van der Waals surface area contributed by atoms with Crippen LogP contribution in [0.4, 0.5) is 5.69 Å². The molecule has 1 aromatic carbocycles. The number of carbonyl (C=O) groups excluding carboxylic acids is 3. The molecule has 3 saturated heterocycles. The van der Waals surface area contributed by atoms with E-state index in [2.05, 4.69) is 22.2 Å². The fraction of sp³-hybridized carbons (Fsp3) is 0.625. The zero-order chi connectivity index (χ0) is 23.0. The van der Waals surface area contributed by atoms with Gasteiger partial charge in [0, 0.05) is 44.0 Å². The lowest BCUT2D eigenvalue weighted by Crippen LogP contribution is -2.57. The number of hydrogen-bond donors (Lipinski definition) is 1. The minimum Gasteiger partial charge on any atom is -0.369 e. The molecule has 0 saturated carbocycles. The van der Waals surface area contributed by atoms with Gasteiger partial charge in [-0.2, -0.15) is 0 Å². The summed E-state index contributed by atoms with van der Waals surface area (Å²) in [6.45, 7) is 10.3. The van der Waals surface area contributed by atoms with Crippen LogP contribution < -0.4 is 10.2 Å². The first-order valence-corrected chi connectivity index (χ1v) is 11.4. The number of hydrogen-bond acceptors (Lipinski definition) is 6. The minimum atomic E-state index is -0.737. The van der Waals surface area contributed by atoms with Crippen molar-refractivity contribution in [2.45, 2.75) is 45.4 Å². The zero-order valence-electron chi connectivity index (χ0n) is 19.5. The third-order valence-corrected chi connectivity index (χ3v) is 6.78. The first-order valence-electron chi connectivity index (χ1n) is 11.4. The van der Waals surface area contributed by atoms with Crippen LogP contribution in [-0.2, 0) is 14.3 Å². The van der Waals surface area contributed by atoms with Crippen molar-refractivity contribution in [3.05, 3.63) is 29.8 Å². The van der Waals surface area contributed by atoms with E-state index in [1.54, 1.807) is 4.90 Å². The number of likely N-dealkylation sites (tertiary alicyclic amines) is 1. The van der Waals surface area contributed by atoms with Gasteiger partial charge < -0.3 is 24.8 Å². The second-order valence-electron chi connectivity index (χ2n) is 10.2. The van der Waals surface area contributed by atoms with Crippen molar-refractivity contribution < 1.29 is 19.1 Å². The Morgan fingerprint density at radius 1 is 1.06 bits per heavy atom. The number of amides is 2. The normalized spacial score (nSPS) is 25.1. The highest BCUT2D eigenvalue weighted by atomic mass is 16.5. The van der Waals surface area contributed by atoms with Gasteiger partial charge in [-0.05, 0) is 43.1 Å². The molecule has 1 N–H and O–H groups in total. The van der Waals surface area contributed by atoms with Crippen molar-refractivity contribution in [1.82, 2.24) is 15.1 Å². The Morgan fingerprint density at radius 2 is 1.72 bits per heavy atom. The maximum atomic E-state index is 13.4. The van der Waals surface area contributed by atoms with Crippen LogP contribution in [0.2, 0.25) is 0 Å². The highest BCUT2D eigenvalue weighted by Gasteiger charge is 2.49. The van der Waals surface area contributed by atoms with E-state index in [9.17, 15) is 14.4 Å². The summed E-state index contributed by atoms with van der Waals surface area (Å²) < 4.78 is 5.51. The number of anilines is 1. The molecule has 0 radical (unpaired) electrons. The van der Waals surface area contributed by atoms with Gasteiger partial charge in [-0.15, -0.1) is 0 Å². The van der Waals surface area contributed by atoms with Gasteiger partial charge in [-0.1, -0.05) is 20.8 Å². The van der Waals surface area contributed by atoms with E-state index in [1.807, 2.05) is 45.0 Å². The van der Waals surface area contributed by atoms with Gasteiger partial charge in [-0.3, -0.25) is 14.4 Å². The second kappa shape index (κ2) is 8.83. The monoisotopic (exact) mass is 442 g/mol. The van der Waals surface area contributed by atoms with E-state index in [0.717, 1.165) is 31.9 Å². The largest absolute Gasteiger partial charge is 0.369 e. The second-order valence-corrected chi connectivity index (χ2v) is 10.2. The molecule has 3 aliphatic rings. The highest BCUT2D eigenvalue weighted by molar-refractivity contribution is 5.99. The molecule has 3 fully saturated rings. The Balaban J connectivity index is 1.45. The number of rotatable bonds is 4. The standard InChI is InChI=1S/C24H34N4O4/c1-24(2,3)21(23(31)28-10-9-19-20(28)18(29)15-32-19)25-22(30)16-5-7-17(8-6-16)27-13-11-26(4)12-14-27/h5-8,19-21H,9-15H2,1-4H3,(H,25,30)/t19-,20-,21-/m1/s1. The molecule has 0 aliphatic carbocycles. The van der Waals surface area contributed by atoms with E-state index < -0.39 is 17.5 Å². The number of benzene rings is 1. The minimum absolute atomic E-state index is 0.0562. The smallest absolute Gasteiger partial charge is 0.251 e. The predicted molar refractivity (Wildman–Crippen MR) is 122 cm³/mol. The Kier molecular flexibility index (Phi) is 6.27. The summed E-state index contributed by atoms with van der Waals surface area (Å²) >= 11 is 0. The van der Waals surface area contributed by atoms with Gasteiger partial charge in [0.1, 0.15) is 18.7 Å². The fourth-order valence-electron chi connectivity index (χ4n) is 4.76. The van der Waals surface area contributed by atoms with Crippen molar-refractivity contribution >= 4 is 23.3 Å². The molecule has 0 bridgehead atoms. The molecule has 1 aromatic rings. The molecule has 8 nitrogen and oxygen atoms in total. The summed E-state index contributed by atoms with van der Waals surface area (Å²) in [7, 11) is 2.12. The number of piperazine rings is 1. The summed E-state index contributed by atoms with van der Waals surface area (Å²) in [5.74, 6) is -0.557. The van der Waals surface area contributed by atoms with Crippen molar-refractivity contribution in [3.8, 4) is 0 Å². The molecule has 3 aliphatic heterocycles. The highest BCUT2D eigenvalue weighted by Crippen LogP contribution is 2.30. The van der Waals surface area contributed by atoms with Gasteiger partial charge in [0.15, 0.2) is 5.78 Å². The molecule has 32 heavy (non-hydrogen) atoms. The molecular formula is C24H34N4O4. The van der Waals surface area contributed by atoms with Crippen LogP contribution in [0.15, 0.2) is 24.3 Å². The first kappa shape index (κ1) is 22.7. The van der Waals surface area contributed by atoms with Crippen molar-refractivity contribution in [1.29, 1.82) is 0 Å². The summed E-state index contributed by atoms with van der Waals surface area (Å²) in [6.07, 6.45) is 0.436. The lowest BCUT2D eigenvalue weighted by Gasteiger charge is -2.35. The number of fused-ring (bicyclic) bond motifs is 1. The summed E-state index contributed by atoms with van der Waals surface area (Å²) in [6, 6.07) is 6.30. The van der Waals surface area contributed by atoms with E-state index in [0.29, 0.717) is 18.5 Å². The molecule has 3 atom stereocenters. The molecule has 4 rings (SSSR count). The summed E-state index contributed by atoms with van der Waals surface area (Å²) in [5.41, 5.74) is 1.11. The van der Waals surface area contributed by atoms with Crippen LogP contribution in [0.3, 0.4) is 0 Å². The quantitative estimate of drug-likeness (QED) is 0.754. The first-order chi connectivity index (χ1) is 15.1. The van der Waals surface area contributed by atoms with Gasteiger partial charge in [0.2, 0.25) is 5.91 Å². The van der Waals surface area contributed by atoms with E-state index in [-0.39, 0.29) is 30.3 Å².